The average molecular weight is 334 g/mol. The van der Waals surface area contributed by atoms with Crippen LogP contribution in [0.2, 0.25) is 0 Å². The van der Waals surface area contributed by atoms with Gasteiger partial charge in [0.05, 0.1) is 6.04 Å². The van der Waals surface area contributed by atoms with Crippen LogP contribution in [0.25, 0.3) is 0 Å². The molecule has 0 radical (unpaired) electrons. The lowest BCUT2D eigenvalue weighted by atomic mass is 9.92. The molecule has 2 aliphatic heterocycles. The first-order chi connectivity index (χ1) is 10.4. The SMILES string of the molecule is O=C(COc1ccsn1)N1CCCCC1C1(C(F)(F)F)N=N1. The third kappa shape index (κ3) is 2.67. The van der Waals surface area contributed by atoms with E-state index in [1.165, 1.54) is 16.4 Å². The molecule has 1 fully saturated rings. The fraction of sp³-hybridized carbons (Fsp3) is 0.667. The van der Waals surface area contributed by atoms with Crippen LogP contribution in [0.5, 0.6) is 5.88 Å². The number of rotatable bonds is 4. The van der Waals surface area contributed by atoms with Crippen molar-refractivity contribution in [3.05, 3.63) is 11.4 Å². The predicted molar refractivity (Wildman–Crippen MR) is 70.6 cm³/mol. The van der Waals surface area contributed by atoms with Crippen molar-refractivity contribution in [1.82, 2.24) is 9.27 Å². The molecule has 1 amide bonds. The van der Waals surface area contributed by atoms with Crippen molar-refractivity contribution in [1.29, 1.82) is 0 Å². The molecular formula is C12H13F3N4O2S. The van der Waals surface area contributed by atoms with Gasteiger partial charge in [0.15, 0.2) is 6.61 Å². The summed E-state index contributed by atoms with van der Waals surface area (Å²) in [5, 5.41) is 8.14. The highest BCUT2D eigenvalue weighted by Crippen LogP contribution is 2.50. The van der Waals surface area contributed by atoms with Gasteiger partial charge in [-0.3, -0.25) is 4.79 Å². The summed E-state index contributed by atoms with van der Waals surface area (Å²) < 4.78 is 48.6. The Morgan fingerprint density at radius 1 is 1.45 bits per heavy atom. The number of ether oxygens (including phenoxy) is 1. The quantitative estimate of drug-likeness (QED) is 0.850. The van der Waals surface area contributed by atoms with Gasteiger partial charge in [0, 0.05) is 18.0 Å². The summed E-state index contributed by atoms with van der Waals surface area (Å²) in [6.07, 6.45) is -3.07. The Labute approximate surface area is 128 Å². The number of nitrogens with zero attached hydrogens (tertiary/aromatic N) is 4. The highest BCUT2D eigenvalue weighted by Gasteiger charge is 2.70. The summed E-state index contributed by atoms with van der Waals surface area (Å²) in [5.74, 6) is -0.211. The van der Waals surface area contributed by atoms with E-state index in [9.17, 15) is 18.0 Å². The summed E-state index contributed by atoms with van der Waals surface area (Å²) in [5.41, 5.74) is -2.44. The molecule has 22 heavy (non-hydrogen) atoms. The maximum atomic E-state index is 13.2. The van der Waals surface area contributed by atoms with Crippen LogP contribution in [-0.2, 0) is 4.79 Å². The van der Waals surface area contributed by atoms with Gasteiger partial charge in [0.2, 0.25) is 5.88 Å². The van der Waals surface area contributed by atoms with Gasteiger partial charge in [-0.25, -0.2) is 0 Å². The zero-order chi connectivity index (χ0) is 15.8. The van der Waals surface area contributed by atoms with Crippen LogP contribution in [0.3, 0.4) is 0 Å². The van der Waals surface area contributed by atoms with Crippen LogP contribution >= 0.6 is 11.5 Å². The number of piperidine rings is 1. The Kier molecular flexibility index (Phi) is 3.79. The first-order valence-electron chi connectivity index (χ1n) is 6.77. The van der Waals surface area contributed by atoms with Crippen LogP contribution in [-0.4, -0.2) is 46.2 Å². The Bertz CT molecular complexity index is 569. The molecule has 3 heterocycles. The van der Waals surface area contributed by atoms with E-state index in [1.54, 1.807) is 11.4 Å². The number of amides is 1. The third-order valence-corrected chi connectivity index (χ3v) is 4.32. The molecule has 1 atom stereocenters. The number of carbonyl (C=O) groups excluding carboxylic acids is 1. The van der Waals surface area contributed by atoms with Crippen LogP contribution in [0.4, 0.5) is 13.2 Å². The van der Waals surface area contributed by atoms with E-state index in [0.29, 0.717) is 18.7 Å². The molecule has 0 aromatic carbocycles. The molecule has 1 aromatic heterocycles. The Hall–Kier alpha value is -1.71. The number of hydrogen-bond acceptors (Lipinski definition) is 6. The van der Waals surface area contributed by atoms with Crippen molar-refractivity contribution in [2.45, 2.75) is 37.1 Å². The molecule has 10 heteroatoms. The average Bonchev–Trinajstić information content (AvgIpc) is 3.15. The number of hydrogen-bond donors (Lipinski definition) is 0. The van der Waals surface area contributed by atoms with Crippen LogP contribution in [0, 0.1) is 0 Å². The smallest absolute Gasteiger partial charge is 0.439 e. The number of halogens is 3. The number of carbonyl (C=O) groups is 1. The van der Waals surface area contributed by atoms with Gasteiger partial charge < -0.3 is 9.64 Å². The van der Waals surface area contributed by atoms with Gasteiger partial charge in [-0.15, -0.1) is 10.2 Å². The molecule has 0 N–H and O–H groups in total. The summed E-state index contributed by atoms with van der Waals surface area (Å²) in [6.45, 7) is -0.0824. The third-order valence-electron chi connectivity index (χ3n) is 3.78. The van der Waals surface area contributed by atoms with E-state index in [0.717, 1.165) is 0 Å². The fourth-order valence-electron chi connectivity index (χ4n) is 2.63. The zero-order valence-corrected chi connectivity index (χ0v) is 12.2. The van der Waals surface area contributed by atoms with Gasteiger partial charge in [-0.2, -0.15) is 17.5 Å². The fourth-order valence-corrected chi connectivity index (χ4v) is 3.09. The molecule has 120 valence electrons. The number of alkyl halides is 3. The van der Waals surface area contributed by atoms with Crippen molar-refractivity contribution in [2.24, 2.45) is 10.2 Å². The molecule has 2 aliphatic rings. The summed E-state index contributed by atoms with van der Waals surface area (Å²) >= 11 is 1.17. The molecule has 1 aromatic rings. The highest BCUT2D eigenvalue weighted by atomic mass is 32.1. The van der Waals surface area contributed by atoms with Crippen LogP contribution in [0.15, 0.2) is 21.7 Å². The van der Waals surface area contributed by atoms with Gasteiger partial charge in [-0.05, 0) is 30.8 Å². The van der Waals surface area contributed by atoms with E-state index >= 15 is 0 Å². The molecule has 0 spiro atoms. The summed E-state index contributed by atoms with van der Waals surface area (Å²) in [7, 11) is 0. The molecule has 3 rings (SSSR count). The Balaban J connectivity index is 1.69. The van der Waals surface area contributed by atoms with E-state index in [1.807, 2.05) is 0 Å². The molecule has 0 bridgehead atoms. The van der Waals surface area contributed by atoms with E-state index in [4.69, 9.17) is 4.74 Å². The molecule has 0 aliphatic carbocycles. The monoisotopic (exact) mass is 334 g/mol. The van der Waals surface area contributed by atoms with Crippen LogP contribution in [0.1, 0.15) is 19.3 Å². The van der Waals surface area contributed by atoms with E-state index in [-0.39, 0.29) is 19.6 Å². The molecule has 1 unspecified atom stereocenters. The second-order valence-electron chi connectivity index (χ2n) is 5.15. The predicted octanol–water partition coefficient (Wildman–Crippen LogP) is 2.63. The van der Waals surface area contributed by atoms with Gasteiger partial charge in [0.25, 0.3) is 5.91 Å². The largest absolute Gasteiger partial charge is 0.467 e. The normalized spacial score (nSPS) is 23.4. The molecule has 6 nitrogen and oxygen atoms in total. The molecule has 0 saturated carbocycles. The minimum absolute atomic E-state index is 0.231. The van der Waals surface area contributed by atoms with Crippen LogP contribution < -0.4 is 4.74 Å². The second kappa shape index (κ2) is 5.49. The highest BCUT2D eigenvalue weighted by molar-refractivity contribution is 7.03. The maximum Gasteiger partial charge on any atom is 0.439 e. The van der Waals surface area contributed by atoms with Gasteiger partial charge in [0.1, 0.15) is 0 Å². The zero-order valence-electron chi connectivity index (χ0n) is 11.4. The maximum absolute atomic E-state index is 13.2. The van der Waals surface area contributed by atoms with Crippen molar-refractivity contribution in [2.75, 3.05) is 13.2 Å². The van der Waals surface area contributed by atoms with E-state index in [2.05, 4.69) is 14.6 Å². The van der Waals surface area contributed by atoms with Crippen molar-refractivity contribution in [3.8, 4) is 5.88 Å². The van der Waals surface area contributed by atoms with Crippen molar-refractivity contribution >= 4 is 17.4 Å². The standard InChI is InChI=1S/C12H13F3N4O2S/c13-12(14,15)11(17-18-11)8-3-1-2-5-19(8)10(20)7-21-9-4-6-22-16-9/h4,6,8H,1-3,5,7H2. The first kappa shape index (κ1) is 15.2. The lowest BCUT2D eigenvalue weighted by Crippen LogP contribution is -2.57. The van der Waals surface area contributed by atoms with Gasteiger partial charge >= 0.3 is 11.8 Å². The number of aromatic nitrogens is 1. The minimum Gasteiger partial charge on any atom is -0.467 e. The molecular weight excluding hydrogens is 321 g/mol. The van der Waals surface area contributed by atoms with Crippen molar-refractivity contribution < 1.29 is 22.7 Å². The Morgan fingerprint density at radius 2 is 2.23 bits per heavy atom. The second-order valence-corrected chi connectivity index (χ2v) is 5.81. The van der Waals surface area contributed by atoms with E-state index < -0.39 is 23.8 Å². The summed E-state index contributed by atoms with van der Waals surface area (Å²) in [6, 6.07) is 0.516. The first-order valence-corrected chi connectivity index (χ1v) is 7.61. The lowest BCUT2D eigenvalue weighted by Gasteiger charge is -2.38. The van der Waals surface area contributed by atoms with Crippen molar-refractivity contribution in [3.63, 3.8) is 0 Å². The number of likely N-dealkylation sites (tertiary alicyclic amines) is 1. The molecule has 1 saturated heterocycles. The lowest BCUT2D eigenvalue weighted by molar-refractivity contribution is -0.185. The van der Waals surface area contributed by atoms with Gasteiger partial charge in [-0.1, -0.05) is 0 Å². The topological polar surface area (TPSA) is 67.2 Å². The Morgan fingerprint density at radius 3 is 2.82 bits per heavy atom. The summed E-state index contributed by atoms with van der Waals surface area (Å²) in [4.78, 5) is 13.4. The minimum atomic E-state index is -4.58.